The van der Waals surface area contributed by atoms with E-state index in [1.165, 1.54) is 13.2 Å². The lowest BCUT2D eigenvalue weighted by molar-refractivity contribution is 0.329. The van der Waals surface area contributed by atoms with Crippen molar-refractivity contribution in [3.05, 3.63) is 11.8 Å². The Labute approximate surface area is 68.3 Å². The van der Waals surface area contributed by atoms with E-state index in [0.717, 1.165) is 0 Å². The summed E-state index contributed by atoms with van der Waals surface area (Å²) in [6, 6.07) is 1.21. The highest BCUT2D eigenvalue weighted by Crippen LogP contribution is 2.13. The molecule has 1 rings (SSSR count). The minimum atomic E-state index is -4.56. The van der Waals surface area contributed by atoms with Crippen LogP contribution in [0.2, 0.25) is 0 Å². The number of hydrogen-bond donors (Lipinski definition) is 0. The SMILES string of the molecule is COc1cc(CS(=O)(=O)F)on1. The quantitative estimate of drug-likeness (QED) is 0.656. The molecule has 0 N–H and O–H groups in total. The third kappa shape index (κ3) is 2.50. The highest BCUT2D eigenvalue weighted by molar-refractivity contribution is 7.85. The minimum absolute atomic E-state index is 0.0886. The van der Waals surface area contributed by atoms with Crippen LogP contribution in [0.5, 0.6) is 5.88 Å². The number of aromatic nitrogens is 1. The summed E-state index contributed by atoms with van der Waals surface area (Å²) in [5, 5.41) is 3.29. The van der Waals surface area contributed by atoms with Crippen molar-refractivity contribution in [2.75, 3.05) is 7.11 Å². The van der Waals surface area contributed by atoms with Crippen molar-refractivity contribution in [2.24, 2.45) is 0 Å². The smallest absolute Gasteiger partial charge is 0.309 e. The van der Waals surface area contributed by atoms with E-state index < -0.39 is 16.0 Å². The normalized spacial score (nSPS) is 11.5. The molecule has 7 heteroatoms. The predicted octanol–water partition coefficient (Wildman–Crippen LogP) is 0.482. The molecule has 0 aliphatic heterocycles. The van der Waals surface area contributed by atoms with E-state index in [-0.39, 0.29) is 11.6 Å². The van der Waals surface area contributed by atoms with E-state index in [2.05, 4.69) is 14.4 Å². The topological polar surface area (TPSA) is 69.4 Å². The van der Waals surface area contributed by atoms with Gasteiger partial charge in [-0.25, -0.2) is 0 Å². The maximum absolute atomic E-state index is 12.0. The van der Waals surface area contributed by atoms with E-state index in [9.17, 15) is 12.3 Å². The van der Waals surface area contributed by atoms with Crippen LogP contribution in [0.25, 0.3) is 0 Å². The number of methoxy groups -OCH3 is 1. The molecule has 0 radical (unpaired) electrons. The Bertz CT molecular complexity index is 357. The lowest BCUT2D eigenvalue weighted by Gasteiger charge is -1.85. The van der Waals surface area contributed by atoms with Gasteiger partial charge in [0.1, 0.15) is 5.75 Å². The van der Waals surface area contributed by atoms with Gasteiger partial charge in [0.2, 0.25) is 0 Å². The monoisotopic (exact) mass is 195 g/mol. The van der Waals surface area contributed by atoms with Gasteiger partial charge < -0.3 is 9.26 Å². The fraction of sp³-hybridized carbons (Fsp3) is 0.400. The van der Waals surface area contributed by atoms with Gasteiger partial charge in [-0.15, -0.1) is 3.89 Å². The highest BCUT2D eigenvalue weighted by Gasteiger charge is 2.13. The zero-order valence-corrected chi connectivity index (χ0v) is 6.97. The second-order valence-corrected chi connectivity index (χ2v) is 3.39. The van der Waals surface area contributed by atoms with E-state index in [1.54, 1.807) is 0 Å². The number of ether oxygens (including phenoxy) is 1. The van der Waals surface area contributed by atoms with Gasteiger partial charge >= 0.3 is 10.2 Å². The molecule has 0 amide bonds. The molecule has 0 aliphatic rings. The third-order valence-corrected chi connectivity index (χ3v) is 1.69. The molecule has 1 aromatic rings. The molecule has 1 heterocycles. The minimum Gasteiger partial charge on any atom is -0.479 e. The van der Waals surface area contributed by atoms with Gasteiger partial charge in [-0.3, -0.25) is 0 Å². The lowest BCUT2D eigenvalue weighted by Crippen LogP contribution is -1.93. The molecule has 68 valence electrons. The van der Waals surface area contributed by atoms with Gasteiger partial charge in [0.15, 0.2) is 5.76 Å². The second kappa shape index (κ2) is 3.10. The standard InChI is InChI=1S/C5H6FNO4S/c1-10-5-2-4(11-7-5)3-12(6,8)9/h2H,3H2,1H3. The van der Waals surface area contributed by atoms with Gasteiger partial charge in [0.25, 0.3) is 5.88 Å². The summed E-state index contributed by atoms with van der Waals surface area (Å²) in [5.74, 6) is -0.786. The predicted molar refractivity (Wildman–Crippen MR) is 36.8 cm³/mol. The average molecular weight is 195 g/mol. The first-order valence-electron chi connectivity index (χ1n) is 2.93. The molecule has 0 bridgehead atoms. The van der Waals surface area contributed by atoms with Gasteiger partial charge in [-0.2, -0.15) is 8.42 Å². The summed E-state index contributed by atoms with van der Waals surface area (Å²) in [6.07, 6.45) is 0. The Morgan fingerprint density at radius 2 is 2.42 bits per heavy atom. The Morgan fingerprint density at radius 1 is 1.75 bits per heavy atom. The van der Waals surface area contributed by atoms with Crippen molar-refractivity contribution < 1.29 is 21.6 Å². The van der Waals surface area contributed by atoms with Crippen LogP contribution in [0.3, 0.4) is 0 Å². The van der Waals surface area contributed by atoms with Crippen molar-refractivity contribution in [3.63, 3.8) is 0 Å². The molecule has 12 heavy (non-hydrogen) atoms. The van der Waals surface area contributed by atoms with Crippen molar-refractivity contribution in [1.29, 1.82) is 0 Å². The number of hydrogen-bond acceptors (Lipinski definition) is 5. The van der Waals surface area contributed by atoms with Crippen LogP contribution in [0.15, 0.2) is 10.6 Å². The zero-order chi connectivity index (χ0) is 9.19. The summed E-state index contributed by atoms with van der Waals surface area (Å²) >= 11 is 0. The second-order valence-electron chi connectivity index (χ2n) is 2.02. The lowest BCUT2D eigenvalue weighted by atomic mass is 10.5. The Morgan fingerprint density at radius 3 is 2.83 bits per heavy atom. The highest BCUT2D eigenvalue weighted by atomic mass is 32.3. The van der Waals surface area contributed by atoms with Crippen molar-refractivity contribution in [1.82, 2.24) is 5.16 Å². The van der Waals surface area contributed by atoms with Gasteiger partial charge in [0.05, 0.1) is 7.11 Å². The summed E-state index contributed by atoms with van der Waals surface area (Å²) in [7, 11) is -3.22. The number of halogens is 1. The number of rotatable bonds is 3. The van der Waals surface area contributed by atoms with Crippen molar-refractivity contribution in [2.45, 2.75) is 5.75 Å². The van der Waals surface area contributed by atoms with Crippen LogP contribution in [0.1, 0.15) is 5.76 Å². The first-order valence-corrected chi connectivity index (χ1v) is 4.48. The Kier molecular flexibility index (Phi) is 2.32. The molecule has 0 aromatic carbocycles. The summed E-state index contributed by atoms with van der Waals surface area (Å²) in [5.41, 5.74) is 0. The summed E-state index contributed by atoms with van der Waals surface area (Å²) < 4.78 is 41.3. The van der Waals surface area contributed by atoms with E-state index in [0.29, 0.717) is 0 Å². The number of nitrogens with zero attached hydrogens (tertiary/aromatic N) is 1. The van der Waals surface area contributed by atoms with Gasteiger partial charge in [-0.1, -0.05) is 0 Å². The molecule has 0 saturated carbocycles. The van der Waals surface area contributed by atoms with Crippen LogP contribution in [-0.2, 0) is 16.0 Å². The van der Waals surface area contributed by atoms with Gasteiger partial charge in [-0.05, 0) is 5.16 Å². The van der Waals surface area contributed by atoms with E-state index in [1.807, 2.05) is 0 Å². The van der Waals surface area contributed by atoms with Crippen LogP contribution >= 0.6 is 0 Å². The molecule has 0 unspecified atom stereocenters. The average Bonchev–Trinajstić information content (AvgIpc) is 2.32. The summed E-state index contributed by atoms with van der Waals surface area (Å²) in [6.45, 7) is 0. The Hall–Kier alpha value is -1.11. The van der Waals surface area contributed by atoms with E-state index >= 15 is 0 Å². The van der Waals surface area contributed by atoms with Crippen molar-refractivity contribution in [3.8, 4) is 5.88 Å². The molecule has 5 nitrogen and oxygen atoms in total. The third-order valence-electron chi connectivity index (χ3n) is 1.06. The van der Waals surface area contributed by atoms with Crippen molar-refractivity contribution >= 4 is 10.2 Å². The molecule has 1 aromatic heterocycles. The molecular formula is C5H6FNO4S. The maximum atomic E-state index is 12.0. The van der Waals surface area contributed by atoms with Crippen LogP contribution in [0, 0.1) is 0 Å². The first-order chi connectivity index (χ1) is 5.51. The van der Waals surface area contributed by atoms with E-state index in [4.69, 9.17) is 0 Å². The largest absolute Gasteiger partial charge is 0.479 e. The van der Waals surface area contributed by atoms with Gasteiger partial charge in [0, 0.05) is 6.07 Å². The first kappa shape index (κ1) is 8.98. The van der Waals surface area contributed by atoms with Crippen LogP contribution in [-0.4, -0.2) is 20.7 Å². The molecule has 0 spiro atoms. The fourth-order valence-electron chi connectivity index (χ4n) is 0.628. The zero-order valence-electron chi connectivity index (χ0n) is 6.15. The Balaban J connectivity index is 2.78. The molecular weight excluding hydrogens is 189 g/mol. The maximum Gasteiger partial charge on any atom is 0.309 e. The fourth-order valence-corrected chi connectivity index (χ4v) is 1.10. The summed E-state index contributed by atoms with van der Waals surface area (Å²) in [4.78, 5) is 0. The molecule has 0 saturated heterocycles. The molecule has 0 atom stereocenters. The molecule has 0 aliphatic carbocycles. The van der Waals surface area contributed by atoms with Crippen LogP contribution < -0.4 is 4.74 Å². The molecule has 0 fully saturated rings. The van der Waals surface area contributed by atoms with Crippen LogP contribution in [0.4, 0.5) is 3.89 Å².